The van der Waals surface area contributed by atoms with E-state index in [1.54, 1.807) is 6.92 Å². The van der Waals surface area contributed by atoms with Gasteiger partial charge in [-0.15, -0.1) is 16.4 Å². The maximum Gasteiger partial charge on any atom is 0.434 e. The fourth-order valence-corrected chi connectivity index (χ4v) is 2.42. The number of aryl methyl sites for hydroxylation is 1. The number of hydrogen-bond acceptors (Lipinski definition) is 5. The van der Waals surface area contributed by atoms with E-state index in [-0.39, 0.29) is 10.6 Å². The Hall–Kier alpha value is -1.09. The molecule has 2 aromatic rings. The highest BCUT2D eigenvalue weighted by atomic mass is 32.1. The van der Waals surface area contributed by atoms with Crippen LogP contribution in [-0.4, -0.2) is 19.4 Å². The number of halogens is 3. The summed E-state index contributed by atoms with van der Waals surface area (Å²) in [6.07, 6.45) is -4.49. The van der Waals surface area contributed by atoms with Crippen LogP contribution in [0.1, 0.15) is 16.4 Å². The van der Waals surface area contributed by atoms with Crippen LogP contribution >= 0.6 is 24.2 Å². The Labute approximate surface area is 104 Å². The first-order chi connectivity index (χ1) is 7.80. The number of thiazole rings is 1. The van der Waals surface area contributed by atoms with E-state index in [0.717, 1.165) is 15.4 Å². The Bertz CT molecular complexity index is 558. The fraction of sp³-hybridized carbons (Fsp3) is 0.375. The minimum absolute atomic E-state index is 0.0206. The van der Waals surface area contributed by atoms with Crippen LogP contribution in [0.25, 0.3) is 10.6 Å². The van der Waals surface area contributed by atoms with Crippen molar-refractivity contribution in [2.75, 3.05) is 0 Å². The lowest BCUT2D eigenvalue weighted by atomic mass is 10.2. The zero-order valence-corrected chi connectivity index (χ0v) is 10.5. The minimum atomic E-state index is -4.49. The third kappa shape index (κ3) is 2.16. The molecule has 0 saturated carbocycles. The number of alkyl halides is 3. The lowest BCUT2D eigenvalue weighted by molar-refractivity contribution is -0.140. The third-order valence-electron chi connectivity index (χ3n) is 2.09. The number of rotatable bonds is 1. The number of thiol groups is 1. The summed E-state index contributed by atoms with van der Waals surface area (Å²) in [5.74, 6) is 0. The van der Waals surface area contributed by atoms with E-state index in [4.69, 9.17) is 0 Å². The Morgan fingerprint density at radius 1 is 1.29 bits per heavy atom. The van der Waals surface area contributed by atoms with E-state index in [2.05, 4.69) is 28.1 Å². The van der Waals surface area contributed by atoms with Gasteiger partial charge in [0, 0.05) is 0 Å². The zero-order valence-electron chi connectivity index (χ0n) is 8.78. The van der Waals surface area contributed by atoms with Crippen LogP contribution in [0, 0.1) is 13.8 Å². The molecule has 0 aliphatic carbocycles. The molecule has 0 radical (unpaired) electrons. The van der Waals surface area contributed by atoms with Gasteiger partial charge >= 0.3 is 6.18 Å². The molecule has 0 aliphatic rings. The molecular weight excluding hydrogens is 273 g/mol. The second kappa shape index (κ2) is 3.98. The van der Waals surface area contributed by atoms with Crippen LogP contribution < -0.4 is 0 Å². The zero-order chi connectivity index (χ0) is 12.8. The molecule has 2 rings (SSSR count). The van der Waals surface area contributed by atoms with Crippen molar-refractivity contribution < 1.29 is 13.2 Å². The van der Waals surface area contributed by atoms with Crippen molar-refractivity contribution in [3.8, 4) is 10.6 Å². The largest absolute Gasteiger partial charge is 0.434 e. The summed E-state index contributed by atoms with van der Waals surface area (Å²) in [7, 11) is 0. The molecule has 2 heterocycles. The van der Waals surface area contributed by atoms with Crippen molar-refractivity contribution in [3.63, 3.8) is 0 Å². The maximum atomic E-state index is 12.8. The predicted molar refractivity (Wildman–Crippen MR) is 60.0 cm³/mol. The lowest BCUT2D eigenvalue weighted by Gasteiger charge is -2.04. The second-order valence-corrected chi connectivity index (χ2v) is 4.90. The summed E-state index contributed by atoms with van der Waals surface area (Å²) in [5.41, 5.74) is -0.308. The van der Waals surface area contributed by atoms with E-state index in [1.807, 2.05) is 0 Å². The molecule has 0 fully saturated rings. The van der Waals surface area contributed by atoms with Crippen molar-refractivity contribution in [2.24, 2.45) is 0 Å². The van der Waals surface area contributed by atoms with E-state index >= 15 is 0 Å². The van der Waals surface area contributed by atoms with Crippen LogP contribution in [-0.2, 0) is 6.18 Å². The van der Waals surface area contributed by atoms with Gasteiger partial charge in [-0.05, 0) is 26.7 Å². The van der Waals surface area contributed by atoms with Gasteiger partial charge in [0.2, 0.25) is 0 Å². The monoisotopic (exact) mass is 280 g/mol. The predicted octanol–water partition coefficient (Wildman–Crippen LogP) is 2.73. The lowest BCUT2D eigenvalue weighted by Crippen LogP contribution is -2.07. The summed E-state index contributed by atoms with van der Waals surface area (Å²) < 4.78 is 39.4. The molecule has 0 bridgehead atoms. The van der Waals surface area contributed by atoms with Gasteiger partial charge in [0.25, 0.3) is 0 Å². The van der Waals surface area contributed by atoms with Gasteiger partial charge in [0.15, 0.2) is 5.69 Å². The summed E-state index contributed by atoms with van der Waals surface area (Å²) in [4.78, 5) is 3.48. The Morgan fingerprint density at radius 2 is 1.94 bits per heavy atom. The molecule has 0 saturated heterocycles. The summed E-state index contributed by atoms with van der Waals surface area (Å²) >= 11 is 4.87. The smallest absolute Gasteiger partial charge is 0.236 e. The number of nitrogens with zero attached hydrogens (tertiary/aromatic N) is 4. The van der Waals surface area contributed by atoms with Crippen LogP contribution in [0.4, 0.5) is 13.2 Å². The first-order valence-electron chi connectivity index (χ1n) is 4.47. The molecule has 0 amide bonds. The first-order valence-corrected chi connectivity index (χ1v) is 5.69. The molecule has 4 nitrogen and oxygen atoms in total. The van der Waals surface area contributed by atoms with Gasteiger partial charge < -0.3 is 0 Å². The quantitative estimate of drug-likeness (QED) is 0.817. The third-order valence-corrected chi connectivity index (χ3v) is 3.45. The van der Waals surface area contributed by atoms with E-state index < -0.39 is 11.9 Å². The molecule has 0 atom stereocenters. The van der Waals surface area contributed by atoms with Crippen molar-refractivity contribution >= 4 is 24.2 Å². The molecule has 2 aromatic heterocycles. The molecule has 0 aliphatic heterocycles. The average Bonchev–Trinajstić information content (AvgIpc) is 2.72. The van der Waals surface area contributed by atoms with Gasteiger partial charge in [-0.1, -0.05) is 5.21 Å². The van der Waals surface area contributed by atoms with Crippen molar-refractivity contribution in [1.29, 1.82) is 0 Å². The molecule has 0 N–H and O–H groups in total. The highest BCUT2D eigenvalue weighted by Gasteiger charge is 2.38. The van der Waals surface area contributed by atoms with Crippen molar-refractivity contribution in [3.05, 3.63) is 16.4 Å². The molecular formula is C8H7F3N4S2. The molecule has 9 heteroatoms. The van der Waals surface area contributed by atoms with Crippen molar-refractivity contribution in [2.45, 2.75) is 20.0 Å². The Balaban J connectivity index is 2.64. The van der Waals surface area contributed by atoms with Gasteiger partial charge in [-0.3, -0.25) is 0 Å². The minimum Gasteiger partial charge on any atom is -0.236 e. The number of aromatic nitrogens is 4. The van der Waals surface area contributed by atoms with E-state index in [9.17, 15) is 13.2 Å². The van der Waals surface area contributed by atoms with Crippen LogP contribution in [0.5, 0.6) is 0 Å². The summed E-state index contributed by atoms with van der Waals surface area (Å²) in [6.45, 7) is 3.11. The molecule has 0 unspecified atom stereocenters. The maximum absolute atomic E-state index is 12.8. The van der Waals surface area contributed by atoms with E-state index in [1.165, 1.54) is 6.92 Å². The van der Waals surface area contributed by atoms with Crippen LogP contribution in [0.2, 0.25) is 0 Å². The number of hydrogen-bond donors (Lipinski definition) is 1. The topological polar surface area (TPSA) is 43.6 Å². The molecule has 92 valence electrons. The van der Waals surface area contributed by atoms with Gasteiger partial charge in [0.05, 0.1) is 15.6 Å². The van der Waals surface area contributed by atoms with Gasteiger partial charge in [0.1, 0.15) is 5.69 Å². The fourth-order valence-electron chi connectivity index (χ4n) is 1.31. The van der Waals surface area contributed by atoms with Crippen molar-refractivity contribution in [1.82, 2.24) is 19.4 Å². The molecule has 17 heavy (non-hydrogen) atoms. The average molecular weight is 280 g/mol. The van der Waals surface area contributed by atoms with Crippen LogP contribution in [0.3, 0.4) is 0 Å². The first kappa shape index (κ1) is 12.4. The molecule has 0 aromatic carbocycles. The second-order valence-electron chi connectivity index (χ2n) is 3.32. The Kier molecular flexibility index (Phi) is 2.90. The summed E-state index contributed by atoms with van der Waals surface area (Å²) in [5, 5.41) is 7.58. The highest BCUT2D eigenvalue weighted by molar-refractivity contribution is 7.78. The normalized spacial score (nSPS) is 12.1. The van der Waals surface area contributed by atoms with Gasteiger partial charge in [-0.2, -0.15) is 17.3 Å². The SMILES string of the molecule is Cc1nc(C(F)(F)F)c(-c2nnn(S)c2C)s1. The van der Waals surface area contributed by atoms with E-state index in [0.29, 0.717) is 10.7 Å². The van der Waals surface area contributed by atoms with Crippen LogP contribution in [0.15, 0.2) is 0 Å². The molecule has 0 spiro atoms. The Morgan fingerprint density at radius 3 is 2.41 bits per heavy atom. The standard InChI is InChI=1S/C8H7F3N4S2/c1-3-5(13-14-15(3)16)6-7(8(9,10)11)12-4(2)17-6/h16H,1-2H3. The van der Waals surface area contributed by atoms with Gasteiger partial charge in [-0.25, -0.2) is 4.98 Å². The summed E-state index contributed by atoms with van der Waals surface area (Å²) in [6, 6.07) is 0. The highest BCUT2D eigenvalue weighted by Crippen LogP contribution is 2.40.